The van der Waals surface area contributed by atoms with Gasteiger partial charge < -0.3 is 9.47 Å². The Balaban J connectivity index is 1.45. The summed E-state index contributed by atoms with van der Waals surface area (Å²) in [6, 6.07) is 11.7. The molecule has 0 aliphatic carbocycles. The number of carbonyl (C=O) groups excluding carboxylic acids is 1. The first-order chi connectivity index (χ1) is 13.9. The summed E-state index contributed by atoms with van der Waals surface area (Å²) in [6.45, 7) is 6.27. The van der Waals surface area contributed by atoms with Crippen molar-refractivity contribution >= 4 is 17.7 Å². The molecule has 6 nitrogen and oxygen atoms in total. The normalized spacial score (nSPS) is 19.6. The molecule has 1 aliphatic heterocycles. The summed E-state index contributed by atoms with van der Waals surface area (Å²) >= 11 is 1.79. The number of ether oxygens (including phenoxy) is 2. The lowest BCUT2D eigenvalue weighted by Gasteiger charge is -2.29. The molecule has 1 aliphatic rings. The van der Waals surface area contributed by atoms with Gasteiger partial charge in [-0.25, -0.2) is 5.48 Å². The lowest BCUT2D eigenvalue weighted by Crippen LogP contribution is -2.43. The van der Waals surface area contributed by atoms with E-state index in [1.54, 1.807) is 24.2 Å². The fourth-order valence-corrected chi connectivity index (χ4v) is 3.89. The molecule has 1 aromatic heterocycles. The van der Waals surface area contributed by atoms with E-state index in [9.17, 15) is 4.79 Å². The molecular weight excluding hydrogens is 388 g/mol. The number of hydrogen-bond acceptors (Lipinski definition) is 6. The highest BCUT2D eigenvalue weighted by Gasteiger charge is 2.29. The Morgan fingerprint density at radius 1 is 1.17 bits per heavy atom. The average molecular weight is 417 g/mol. The third-order valence-corrected chi connectivity index (χ3v) is 5.58. The molecule has 1 N–H and O–H groups in total. The van der Waals surface area contributed by atoms with Crippen LogP contribution in [0.1, 0.15) is 33.6 Å². The fraction of sp³-hybridized carbons (Fsp3) is 0.455. The van der Waals surface area contributed by atoms with Crippen molar-refractivity contribution in [3.05, 3.63) is 48.8 Å². The SMILES string of the molecule is CC(C)(C)ONC(=O)C1CC(CSc2ccc(Oc3ccncc3)cc2)CCO1. The van der Waals surface area contributed by atoms with Gasteiger partial charge in [0.1, 0.15) is 17.6 Å². The summed E-state index contributed by atoms with van der Waals surface area (Å²) in [7, 11) is 0. The third-order valence-electron chi connectivity index (χ3n) is 4.34. The highest BCUT2D eigenvalue weighted by molar-refractivity contribution is 7.99. The third kappa shape index (κ3) is 7.34. The lowest BCUT2D eigenvalue weighted by atomic mass is 9.97. The summed E-state index contributed by atoms with van der Waals surface area (Å²) in [5, 5.41) is 0. The molecule has 1 amide bonds. The largest absolute Gasteiger partial charge is 0.457 e. The number of rotatable bonds is 7. The van der Waals surface area contributed by atoms with Crippen molar-refractivity contribution in [2.24, 2.45) is 5.92 Å². The molecule has 1 fully saturated rings. The quantitative estimate of drug-likeness (QED) is 0.525. The Hall–Kier alpha value is -2.09. The maximum absolute atomic E-state index is 12.3. The van der Waals surface area contributed by atoms with E-state index in [4.69, 9.17) is 14.3 Å². The second-order valence-corrected chi connectivity index (χ2v) is 9.09. The van der Waals surface area contributed by atoms with Crippen LogP contribution in [0.3, 0.4) is 0 Å². The monoisotopic (exact) mass is 416 g/mol. The lowest BCUT2D eigenvalue weighted by molar-refractivity contribution is -0.160. The molecule has 7 heteroatoms. The standard InChI is InChI=1S/C22H28N2O4S/c1-22(2,3)28-24-21(25)20-14-16(10-13-26-20)15-29-19-6-4-17(5-7-19)27-18-8-11-23-12-9-18/h4-9,11-12,16,20H,10,13-15H2,1-3H3,(H,24,25). The topological polar surface area (TPSA) is 69.7 Å². The second kappa shape index (κ2) is 10.1. The van der Waals surface area contributed by atoms with Crippen molar-refractivity contribution in [3.8, 4) is 11.5 Å². The van der Waals surface area contributed by atoms with E-state index in [-0.39, 0.29) is 5.91 Å². The minimum Gasteiger partial charge on any atom is -0.457 e. The van der Waals surface area contributed by atoms with Gasteiger partial charge in [-0.3, -0.25) is 14.6 Å². The molecule has 2 unspecified atom stereocenters. The Bertz CT molecular complexity index is 778. The van der Waals surface area contributed by atoms with E-state index in [1.165, 1.54) is 4.90 Å². The van der Waals surface area contributed by atoms with Crippen molar-refractivity contribution in [1.82, 2.24) is 10.5 Å². The van der Waals surface area contributed by atoms with Gasteiger partial charge in [0, 0.05) is 29.6 Å². The van der Waals surface area contributed by atoms with Gasteiger partial charge >= 0.3 is 0 Å². The van der Waals surface area contributed by atoms with E-state index in [1.807, 2.05) is 45.0 Å². The predicted octanol–water partition coefficient (Wildman–Crippen LogP) is 4.61. The Labute approximate surface area is 176 Å². The van der Waals surface area contributed by atoms with E-state index >= 15 is 0 Å². The highest BCUT2D eigenvalue weighted by atomic mass is 32.2. The summed E-state index contributed by atoms with van der Waals surface area (Å²) in [5.41, 5.74) is 2.10. The van der Waals surface area contributed by atoms with Crippen molar-refractivity contribution < 1.29 is 19.1 Å². The molecule has 1 aromatic carbocycles. The molecule has 2 aromatic rings. The molecule has 2 atom stereocenters. The first-order valence-corrected chi connectivity index (χ1v) is 10.8. The van der Waals surface area contributed by atoms with Crippen molar-refractivity contribution in [1.29, 1.82) is 0 Å². The molecule has 0 spiro atoms. The van der Waals surface area contributed by atoms with Crippen LogP contribution in [0.2, 0.25) is 0 Å². The number of carbonyl (C=O) groups is 1. The van der Waals surface area contributed by atoms with Crippen LogP contribution in [0, 0.1) is 5.92 Å². The first-order valence-electron chi connectivity index (χ1n) is 9.79. The van der Waals surface area contributed by atoms with Crippen molar-refractivity contribution in [3.63, 3.8) is 0 Å². The molecule has 0 saturated carbocycles. The maximum atomic E-state index is 12.3. The minimum atomic E-state index is -0.451. The average Bonchev–Trinajstić information content (AvgIpc) is 2.72. The van der Waals surface area contributed by atoms with E-state index in [0.717, 1.165) is 23.7 Å². The van der Waals surface area contributed by atoms with Crippen LogP contribution in [0.15, 0.2) is 53.7 Å². The number of hydrogen-bond donors (Lipinski definition) is 1. The molecular formula is C22H28N2O4S. The molecule has 0 radical (unpaired) electrons. The Morgan fingerprint density at radius 2 is 1.86 bits per heavy atom. The molecule has 1 saturated heterocycles. The van der Waals surface area contributed by atoms with Crippen LogP contribution < -0.4 is 10.2 Å². The van der Waals surface area contributed by atoms with Gasteiger partial charge in [0.05, 0.1) is 5.60 Å². The van der Waals surface area contributed by atoms with Gasteiger partial charge in [-0.15, -0.1) is 11.8 Å². The zero-order valence-corrected chi connectivity index (χ0v) is 17.9. The van der Waals surface area contributed by atoms with Crippen LogP contribution in [-0.4, -0.2) is 35.0 Å². The Kier molecular flexibility index (Phi) is 7.52. The molecule has 2 heterocycles. The van der Waals surface area contributed by atoms with Crippen LogP contribution in [-0.2, 0) is 14.4 Å². The molecule has 0 bridgehead atoms. The van der Waals surface area contributed by atoms with Gasteiger partial charge in [0.15, 0.2) is 0 Å². The number of hydroxylamine groups is 1. The van der Waals surface area contributed by atoms with E-state index in [0.29, 0.717) is 18.9 Å². The predicted molar refractivity (Wildman–Crippen MR) is 113 cm³/mol. The highest BCUT2D eigenvalue weighted by Crippen LogP contribution is 2.30. The van der Waals surface area contributed by atoms with Gasteiger partial charge in [0.2, 0.25) is 0 Å². The van der Waals surface area contributed by atoms with E-state index < -0.39 is 11.7 Å². The summed E-state index contributed by atoms with van der Waals surface area (Å²) in [5.74, 6) is 2.72. The van der Waals surface area contributed by atoms with Crippen LogP contribution in [0.25, 0.3) is 0 Å². The van der Waals surface area contributed by atoms with Crippen molar-refractivity contribution in [2.75, 3.05) is 12.4 Å². The number of aromatic nitrogens is 1. The number of benzene rings is 1. The number of thioether (sulfide) groups is 1. The second-order valence-electron chi connectivity index (χ2n) is 8.00. The van der Waals surface area contributed by atoms with Gasteiger partial charge in [-0.2, -0.15) is 0 Å². The van der Waals surface area contributed by atoms with Gasteiger partial charge in [-0.05, 0) is 75.9 Å². The summed E-state index contributed by atoms with van der Waals surface area (Å²) < 4.78 is 11.4. The number of pyridine rings is 1. The fourth-order valence-electron chi connectivity index (χ4n) is 2.83. The number of nitrogens with one attached hydrogen (secondary N) is 1. The molecule has 3 rings (SSSR count). The number of amides is 1. The smallest absolute Gasteiger partial charge is 0.272 e. The minimum absolute atomic E-state index is 0.202. The summed E-state index contributed by atoms with van der Waals surface area (Å²) in [6.07, 6.45) is 4.62. The summed E-state index contributed by atoms with van der Waals surface area (Å²) in [4.78, 5) is 22.8. The molecule has 156 valence electrons. The van der Waals surface area contributed by atoms with Crippen LogP contribution in [0.5, 0.6) is 11.5 Å². The van der Waals surface area contributed by atoms with E-state index in [2.05, 4.69) is 22.6 Å². The van der Waals surface area contributed by atoms with Gasteiger partial charge in [0.25, 0.3) is 5.91 Å². The Morgan fingerprint density at radius 3 is 2.55 bits per heavy atom. The van der Waals surface area contributed by atoms with Crippen LogP contribution in [0.4, 0.5) is 0 Å². The van der Waals surface area contributed by atoms with Gasteiger partial charge in [-0.1, -0.05) is 0 Å². The zero-order chi connectivity index (χ0) is 20.7. The van der Waals surface area contributed by atoms with Crippen molar-refractivity contribution in [2.45, 2.75) is 50.2 Å². The van der Waals surface area contributed by atoms with Crippen LogP contribution >= 0.6 is 11.8 Å². The first kappa shape index (κ1) is 21.6. The molecule has 29 heavy (non-hydrogen) atoms. The zero-order valence-electron chi connectivity index (χ0n) is 17.1. The maximum Gasteiger partial charge on any atom is 0.272 e. The number of nitrogens with zero attached hydrogens (tertiary/aromatic N) is 1.